The summed E-state index contributed by atoms with van der Waals surface area (Å²) >= 11 is 0. The predicted molar refractivity (Wildman–Crippen MR) is 44.2 cm³/mol. The van der Waals surface area contributed by atoms with Gasteiger partial charge in [0.25, 0.3) is 0 Å². The number of hydrogen-bond acceptors (Lipinski definition) is 1. The van der Waals surface area contributed by atoms with Crippen LogP contribution in [0.5, 0.6) is 0 Å². The molecule has 1 nitrogen and oxygen atoms in total. The van der Waals surface area contributed by atoms with Gasteiger partial charge < -0.3 is 0 Å². The van der Waals surface area contributed by atoms with Crippen LogP contribution in [0.3, 0.4) is 0 Å². The monoisotopic (exact) mass is 150 g/mol. The first-order chi connectivity index (χ1) is 5.20. The van der Waals surface area contributed by atoms with Crippen LogP contribution in [0.25, 0.3) is 0 Å². The molecule has 0 N–H and O–H groups in total. The standard InChI is InChI=1S/C10H14O/c1-6(2)9-5-7-3-4-8(9)10(7)11/h7-8H,3-5H2,1-2H3. The van der Waals surface area contributed by atoms with E-state index in [0.717, 1.165) is 19.3 Å². The van der Waals surface area contributed by atoms with E-state index in [9.17, 15) is 4.79 Å². The lowest BCUT2D eigenvalue weighted by molar-refractivity contribution is -0.121. The zero-order valence-electron chi connectivity index (χ0n) is 7.18. The molecule has 0 aromatic carbocycles. The van der Waals surface area contributed by atoms with Gasteiger partial charge in [0.05, 0.1) is 0 Å². The van der Waals surface area contributed by atoms with E-state index in [1.807, 2.05) is 0 Å². The summed E-state index contributed by atoms with van der Waals surface area (Å²) in [5.74, 6) is 1.27. The molecule has 0 radical (unpaired) electrons. The summed E-state index contributed by atoms with van der Waals surface area (Å²) in [6.07, 6.45) is 3.36. The summed E-state index contributed by atoms with van der Waals surface area (Å²) < 4.78 is 0. The second-order valence-electron chi connectivity index (χ2n) is 3.96. The number of fused-ring (bicyclic) bond motifs is 2. The first kappa shape index (κ1) is 7.08. The van der Waals surface area contributed by atoms with Gasteiger partial charge in [-0.25, -0.2) is 0 Å². The molecule has 2 atom stereocenters. The lowest BCUT2D eigenvalue weighted by Gasteiger charge is -2.12. The minimum atomic E-state index is 0.338. The van der Waals surface area contributed by atoms with Crippen molar-refractivity contribution < 1.29 is 4.79 Å². The third-order valence-corrected chi connectivity index (χ3v) is 3.08. The SMILES string of the molecule is CC(C)=C1CC2CCC1C2=O. The highest BCUT2D eigenvalue weighted by Crippen LogP contribution is 2.46. The summed E-state index contributed by atoms with van der Waals surface area (Å²) in [5, 5.41) is 0. The highest BCUT2D eigenvalue weighted by atomic mass is 16.1. The van der Waals surface area contributed by atoms with Crippen LogP contribution < -0.4 is 0 Å². The first-order valence-electron chi connectivity index (χ1n) is 4.40. The molecule has 0 aromatic rings. The Labute approximate surface area is 67.5 Å². The van der Waals surface area contributed by atoms with Gasteiger partial charge in [0.1, 0.15) is 5.78 Å². The van der Waals surface area contributed by atoms with Crippen molar-refractivity contribution in [1.82, 2.24) is 0 Å². The van der Waals surface area contributed by atoms with Gasteiger partial charge in [0.15, 0.2) is 0 Å². The number of hydrogen-bond donors (Lipinski definition) is 0. The van der Waals surface area contributed by atoms with Crippen LogP contribution in [-0.4, -0.2) is 5.78 Å². The molecule has 11 heavy (non-hydrogen) atoms. The molecule has 2 aliphatic carbocycles. The van der Waals surface area contributed by atoms with E-state index in [4.69, 9.17) is 0 Å². The smallest absolute Gasteiger partial charge is 0.143 e. The maximum atomic E-state index is 11.4. The average Bonchev–Trinajstić information content (AvgIpc) is 2.46. The van der Waals surface area contributed by atoms with Gasteiger partial charge in [0.2, 0.25) is 0 Å². The van der Waals surface area contributed by atoms with Crippen LogP contribution in [0.4, 0.5) is 0 Å². The first-order valence-corrected chi connectivity index (χ1v) is 4.40. The molecular weight excluding hydrogens is 136 g/mol. The van der Waals surface area contributed by atoms with Crippen molar-refractivity contribution in [3.63, 3.8) is 0 Å². The molecule has 2 fully saturated rings. The topological polar surface area (TPSA) is 17.1 Å². The molecule has 0 amide bonds. The zero-order valence-corrected chi connectivity index (χ0v) is 7.18. The normalized spacial score (nSPS) is 35.1. The molecular formula is C10H14O. The Morgan fingerprint density at radius 1 is 1.36 bits per heavy atom. The predicted octanol–water partition coefficient (Wildman–Crippen LogP) is 2.32. The van der Waals surface area contributed by atoms with E-state index in [1.54, 1.807) is 0 Å². The second-order valence-corrected chi connectivity index (χ2v) is 3.96. The third kappa shape index (κ3) is 0.867. The summed E-state index contributed by atoms with van der Waals surface area (Å²) in [5.41, 5.74) is 2.83. The Hall–Kier alpha value is -0.590. The van der Waals surface area contributed by atoms with Gasteiger partial charge >= 0.3 is 0 Å². The lowest BCUT2D eigenvalue weighted by atomic mass is 9.92. The lowest BCUT2D eigenvalue weighted by Crippen LogP contribution is -2.03. The molecule has 0 aromatic heterocycles. The molecule has 0 saturated heterocycles. The van der Waals surface area contributed by atoms with E-state index in [0.29, 0.717) is 17.6 Å². The van der Waals surface area contributed by atoms with Crippen molar-refractivity contribution in [1.29, 1.82) is 0 Å². The Kier molecular flexibility index (Phi) is 1.41. The number of ketones is 1. The van der Waals surface area contributed by atoms with Crippen molar-refractivity contribution in [2.24, 2.45) is 11.8 Å². The van der Waals surface area contributed by atoms with Crippen molar-refractivity contribution in [2.45, 2.75) is 33.1 Å². The number of Topliss-reactive ketones (excluding diaryl/α,β-unsaturated/α-hetero) is 1. The van der Waals surface area contributed by atoms with Crippen LogP contribution >= 0.6 is 0 Å². The van der Waals surface area contributed by atoms with Crippen LogP contribution in [0, 0.1) is 11.8 Å². The van der Waals surface area contributed by atoms with Crippen LogP contribution in [-0.2, 0) is 4.79 Å². The zero-order chi connectivity index (χ0) is 8.01. The maximum Gasteiger partial charge on any atom is 0.143 e. The average molecular weight is 150 g/mol. The molecule has 0 aliphatic heterocycles. The van der Waals surface area contributed by atoms with Gasteiger partial charge in [-0.05, 0) is 33.1 Å². The molecule has 2 unspecified atom stereocenters. The molecule has 2 bridgehead atoms. The molecule has 0 spiro atoms. The number of carbonyl (C=O) groups excluding carboxylic acids is 1. The van der Waals surface area contributed by atoms with Gasteiger partial charge in [0, 0.05) is 11.8 Å². The molecule has 2 saturated carbocycles. The summed E-state index contributed by atoms with van der Waals surface area (Å²) in [4.78, 5) is 11.4. The molecule has 2 rings (SSSR count). The Bertz CT molecular complexity index is 233. The fourth-order valence-electron chi connectivity index (χ4n) is 2.45. The Morgan fingerprint density at radius 2 is 2.09 bits per heavy atom. The highest BCUT2D eigenvalue weighted by Gasteiger charge is 2.43. The van der Waals surface area contributed by atoms with Gasteiger partial charge in [-0.1, -0.05) is 11.1 Å². The quantitative estimate of drug-likeness (QED) is 0.484. The van der Waals surface area contributed by atoms with E-state index in [-0.39, 0.29) is 0 Å². The van der Waals surface area contributed by atoms with Crippen LogP contribution in [0.1, 0.15) is 33.1 Å². The maximum absolute atomic E-state index is 11.4. The molecule has 0 heterocycles. The van der Waals surface area contributed by atoms with Crippen molar-refractivity contribution in [3.05, 3.63) is 11.1 Å². The number of allylic oxidation sites excluding steroid dienone is 2. The van der Waals surface area contributed by atoms with Crippen molar-refractivity contribution in [3.8, 4) is 0 Å². The summed E-state index contributed by atoms with van der Waals surface area (Å²) in [6, 6.07) is 0. The molecule has 60 valence electrons. The van der Waals surface area contributed by atoms with Crippen LogP contribution in [0.2, 0.25) is 0 Å². The van der Waals surface area contributed by atoms with E-state index in [2.05, 4.69) is 13.8 Å². The summed E-state index contributed by atoms with van der Waals surface area (Å²) in [6.45, 7) is 4.26. The largest absolute Gasteiger partial charge is 0.299 e. The fourth-order valence-corrected chi connectivity index (χ4v) is 2.45. The molecule has 1 heteroatoms. The molecule has 2 aliphatic rings. The number of carbonyl (C=O) groups is 1. The van der Waals surface area contributed by atoms with Gasteiger partial charge in [-0.2, -0.15) is 0 Å². The van der Waals surface area contributed by atoms with Crippen LogP contribution in [0.15, 0.2) is 11.1 Å². The third-order valence-electron chi connectivity index (χ3n) is 3.08. The summed E-state index contributed by atoms with van der Waals surface area (Å²) in [7, 11) is 0. The fraction of sp³-hybridized carbons (Fsp3) is 0.700. The minimum Gasteiger partial charge on any atom is -0.299 e. The Balaban J connectivity index is 2.35. The second kappa shape index (κ2) is 2.20. The van der Waals surface area contributed by atoms with E-state index < -0.39 is 0 Å². The Morgan fingerprint density at radius 3 is 2.36 bits per heavy atom. The van der Waals surface area contributed by atoms with Crippen molar-refractivity contribution >= 4 is 5.78 Å². The van der Waals surface area contributed by atoms with Crippen molar-refractivity contribution in [2.75, 3.05) is 0 Å². The number of rotatable bonds is 0. The van der Waals surface area contributed by atoms with E-state index >= 15 is 0 Å². The van der Waals surface area contributed by atoms with Gasteiger partial charge in [-0.15, -0.1) is 0 Å². The van der Waals surface area contributed by atoms with E-state index in [1.165, 1.54) is 11.1 Å². The van der Waals surface area contributed by atoms with Gasteiger partial charge in [-0.3, -0.25) is 4.79 Å². The minimum absolute atomic E-state index is 0.338. The highest BCUT2D eigenvalue weighted by molar-refractivity contribution is 5.91.